The van der Waals surface area contributed by atoms with E-state index in [1.165, 1.54) is 34.6 Å². The highest BCUT2D eigenvalue weighted by atomic mass is 32.2. The van der Waals surface area contributed by atoms with Crippen molar-refractivity contribution >= 4 is 88.4 Å². The number of ether oxygens (including phenoxy) is 1. The maximum Gasteiger partial charge on any atom is 0.315 e. The van der Waals surface area contributed by atoms with Gasteiger partial charge in [0.2, 0.25) is 47.3 Å². The van der Waals surface area contributed by atoms with Crippen LogP contribution in [0.4, 0.5) is 4.79 Å². The summed E-state index contributed by atoms with van der Waals surface area (Å²) in [5.74, 6) is -11.3. The summed E-state index contributed by atoms with van der Waals surface area (Å²) in [5, 5.41) is 55.2. The number of ketones is 3. The molecular formula is C62H103N11O17S. The Morgan fingerprint density at radius 1 is 0.747 bits per heavy atom. The normalized spacial score (nSPS) is 26.3. The number of urea groups is 1. The molecule has 15 atom stereocenters. The van der Waals surface area contributed by atoms with Crippen molar-refractivity contribution in [1.82, 2.24) is 47.9 Å². The molecule has 29 heteroatoms. The molecule has 0 bridgehead atoms. The van der Waals surface area contributed by atoms with Crippen LogP contribution >= 0.6 is 11.8 Å². The fourth-order valence-electron chi connectivity index (χ4n) is 10.9. The molecule has 0 aromatic heterocycles. The van der Waals surface area contributed by atoms with E-state index in [2.05, 4.69) is 47.9 Å². The number of aliphatic hydroxyl groups is 2. The van der Waals surface area contributed by atoms with Crippen molar-refractivity contribution in [2.45, 2.75) is 261 Å². The van der Waals surface area contributed by atoms with Crippen LogP contribution in [0.5, 0.6) is 0 Å². The number of carbonyl (C=O) groups excluding carboxylic acids is 12. The summed E-state index contributed by atoms with van der Waals surface area (Å²) in [6.45, 7) is 13.7. The van der Waals surface area contributed by atoms with Gasteiger partial charge in [-0.1, -0.05) is 52.7 Å². The SMILES string of the molecule is CC[C@H](C)[C@@H]1NC(=O)[C@H](C)NC(=O)[C@@](C)(NC(=O)[C@H](CCC(N)=O)CC(=O)[C@H](N)[C@@H](C)O)CCC/C=C/CCC[C@@](C)(C(=O)N[C@H](C(=O)N[C@H](C(=O)CCCOCCCC(=O)CCCC[C@@H]2SC[C@@H]3NC(=O)N[C@@H]32)[C@@H](C)O)C(C)C)NC(=O)[C@H](CC(=O)O)NC1=O. The van der Waals surface area contributed by atoms with Crippen molar-refractivity contribution in [3.8, 4) is 0 Å². The van der Waals surface area contributed by atoms with Gasteiger partial charge in [0.15, 0.2) is 11.6 Å². The molecule has 0 unspecified atom stereocenters. The van der Waals surface area contributed by atoms with E-state index in [0.29, 0.717) is 30.9 Å². The molecule has 16 N–H and O–H groups in total. The molecule has 0 spiro atoms. The first kappa shape index (κ1) is 78.7. The van der Waals surface area contributed by atoms with Crippen molar-refractivity contribution in [1.29, 1.82) is 0 Å². The minimum Gasteiger partial charge on any atom is -0.481 e. The van der Waals surface area contributed by atoms with E-state index in [9.17, 15) is 77.6 Å². The topological polar surface area (TPSA) is 452 Å². The fraction of sp³-hybridized carbons (Fsp3) is 0.758. The predicted octanol–water partition coefficient (Wildman–Crippen LogP) is 0.638. The second-order valence-corrected chi connectivity index (χ2v) is 26.6. The van der Waals surface area contributed by atoms with E-state index in [4.69, 9.17) is 16.2 Å². The van der Waals surface area contributed by atoms with Gasteiger partial charge in [-0.05, 0) is 117 Å². The Kier molecular flexibility index (Phi) is 33.2. The predicted molar refractivity (Wildman–Crippen MR) is 338 cm³/mol. The Balaban J connectivity index is 1.79. The molecule has 514 valence electrons. The Morgan fingerprint density at radius 2 is 1.38 bits per heavy atom. The Labute approximate surface area is 538 Å². The third kappa shape index (κ3) is 26.2. The lowest BCUT2D eigenvalue weighted by Gasteiger charge is -2.34. The number of carbonyl (C=O) groups is 13. The van der Waals surface area contributed by atoms with Crippen molar-refractivity contribution in [3.05, 3.63) is 12.2 Å². The molecule has 0 aliphatic carbocycles. The zero-order valence-electron chi connectivity index (χ0n) is 54.4. The van der Waals surface area contributed by atoms with Crippen molar-refractivity contribution in [2.24, 2.45) is 29.2 Å². The lowest BCUT2D eigenvalue weighted by molar-refractivity contribution is -0.143. The smallest absolute Gasteiger partial charge is 0.315 e. The molecule has 0 aromatic rings. The number of aliphatic carboxylic acids is 1. The average Bonchev–Trinajstić information content (AvgIpc) is 2.32. The number of primary amides is 1. The van der Waals surface area contributed by atoms with E-state index in [1.807, 2.05) is 11.8 Å². The van der Waals surface area contributed by atoms with Gasteiger partial charge in [-0.2, -0.15) is 11.8 Å². The van der Waals surface area contributed by atoms with Crippen LogP contribution in [0.3, 0.4) is 0 Å². The van der Waals surface area contributed by atoms with Gasteiger partial charge in [0.25, 0.3) is 0 Å². The van der Waals surface area contributed by atoms with Gasteiger partial charge in [0, 0.05) is 62.2 Å². The molecule has 2 saturated heterocycles. The Morgan fingerprint density at radius 3 is 1.99 bits per heavy atom. The highest BCUT2D eigenvalue weighted by Gasteiger charge is 2.45. The highest BCUT2D eigenvalue weighted by molar-refractivity contribution is 8.00. The van der Waals surface area contributed by atoms with E-state index in [-0.39, 0.29) is 101 Å². The van der Waals surface area contributed by atoms with Crippen LogP contribution in [0, 0.1) is 17.8 Å². The van der Waals surface area contributed by atoms with Crippen LogP contribution in [-0.4, -0.2) is 188 Å². The van der Waals surface area contributed by atoms with Gasteiger partial charge in [0.1, 0.15) is 47.1 Å². The number of unbranched alkanes of at least 4 members (excludes halogenated alkanes) is 1. The van der Waals surface area contributed by atoms with Gasteiger partial charge in [-0.25, -0.2) is 4.79 Å². The third-order valence-electron chi connectivity index (χ3n) is 17.0. The molecule has 3 aliphatic rings. The fourth-order valence-corrected chi connectivity index (χ4v) is 12.4. The van der Waals surface area contributed by atoms with E-state index < -0.39 is 155 Å². The third-order valence-corrected chi connectivity index (χ3v) is 18.5. The molecule has 10 amide bonds. The molecule has 3 aliphatic heterocycles. The van der Waals surface area contributed by atoms with Crippen molar-refractivity contribution in [2.75, 3.05) is 19.0 Å². The van der Waals surface area contributed by atoms with Crippen LogP contribution < -0.4 is 59.3 Å². The lowest BCUT2D eigenvalue weighted by Crippen LogP contribution is -2.65. The van der Waals surface area contributed by atoms with Gasteiger partial charge in [0.05, 0.1) is 36.8 Å². The maximum atomic E-state index is 14.7. The molecule has 3 heterocycles. The monoisotopic (exact) mass is 1310 g/mol. The van der Waals surface area contributed by atoms with Gasteiger partial charge in [-0.15, -0.1) is 0 Å². The number of nitrogens with one attached hydrogen (secondary N) is 9. The zero-order chi connectivity index (χ0) is 68.3. The lowest BCUT2D eigenvalue weighted by atomic mass is 9.88. The summed E-state index contributed by atoms with van der Waals surface area (Å²) in [6.07, 6.45) is 4.10. The second kappa shape index (κ2) is 38.5. The number of Topliss-reactive ketones (excluding diaryl/α,β-unsaturated/α-hetero) is 3. The van der Waals surface area contributed by atoms with Gasteiger partial charge < -0.3 is 79.4 Å². The van der Waals surface area contributed by atoms with E-state index in [1.54, 1.807) is 39.8 Å². The minimum absolute atomic E-state index is 0.0382. The summed E-state index contributed by atoms with van der Waals surface area (Å²) in [5.41, 5.74) is 7.58. The second-order valence-electron chi connectivity index (χ2n) is 25.4. The van der Waals surface area contributed by atoms with Crippen molar-refractivity contribution < 1.29 is 82.4 Å². The first-order valence-corrected chi connectivity index (χ1v) is 33.1. The molecule has 28 nitrogen and oxygen atoms in total. The first-order chi connectivity index (χ1) is 42.7. The molecule has 0 radical (unpaired) electrons. The van der Waals surface area contributed by atoms with Crippen LogP contribution in [0.2, 0.25) is 0 Å². The summed E-state index contributed by atoms with van der Waals surface area (Å²) in [6, 6.07) is -8.60. The number of thioether (sulfide) groups is 1. The Bertz CT molecular complexity index is 2570. The number of carboxylic acid groups (broad SMARTS) is 1. The van der Waals surface area contributed by atoms with Gasteiger partial charge >= 0.3 is 12.0 Å². The number of aliphatic hydroxyl groups excluding tert-OH is 2. The van der Waals surface area contributed by atoms with Crippen LogP contribution in [0.1, 0.15) is 184 Å². The summed E-state index contributed by atoms with van der Waals surface area (Å²) in [7, 11) is 0. The first-order valence-electron chi connectivity index (χ1n) is 32.0. The van der Waals surface area contributed by atoms with E-state index >= 15 is 0 Å². The van der Waals surface area contributed by atoms with Crippen LogP contribution in [0.15, 0.2) is 12.2 Å². The van der Waals surface area contributed by atoms with Gasteiger partial charge in [-0.3, -0.25) is 57.5 Å². The highest BCUT2D eigenvalue weighted by Crippen LogP contribution is 2.33. The number of hydrogen-bond donors (Lipinski definition) is 14. The molecule has 0 saturated carbocycles. The molecule has 2 fully saturated rings. The number of rotatable bonds is 33. The van der Waals surface area contributed by atoms with Crippen LogP contribution in [0.25, 0.3) is 0 Å². The molecule has 0 aromatic carbocycles. The molecular weight excluding hydrogens is 1200 g/mol. The number of amides is 10. The summed E-state index contributed by atoms with van der Waals surface area (Å²) >= 11 is 1.84. The Hall–Kier alpha value is -6.56. The van der Waals surface area contributed by atoms with E-state index in [0.717, 1.165) is 25.0 Å². The average molecular weight is 1310 g/mol. The zero-order valence-corrected chi connectivity index (χ0v) is 55.2. The molecule has 91 heavy (non-hydrogen) atoms. The minimum atomic E-state index is -1.91. The molecule has 3 rings (SSSR count). The largest absolute Gasteiger partial charge is 0.481 e. The summed E-state index contributed by atoms with van der Waals surface area (Å²) in [4.78, 5) is 174. The van der Waals surface area contributed by atoms with Crippen molar-refractivity contribution in [3.63, 3.8) is 0 Å². The number of hydrogen-bond acceptors (Lipinski definition) is 18. The van der Waals surface area contributed by atoms with Crippen LogP contribution in [-0.2, 0) is 62.3 Å². The standard InChI is InChI=1S/C62H103N11O17S/c1-10-35(4)50-57(86)66-41(32-47(80)81)55(84)73-62(9,28-18-14-12-11-13-17-27-61(8,58(87)65-36(5)53(82)68-50)72-54(83)39(25-26-46(63)79)31-44(78)48(64)37(6)74)59(88)70-49(34(2)3)56(85)69-51(38(7)75)43(77)23-20-30-90-29-19-22-40(76)21-15-16-24-45-52-42(33-91-45)67-60(89)71-52/h11-12,34-39,41-42,45,48-52,74-75H,10,13-33,64H2,1-9H3,(H2,63,79)(H,65,87)(H,66,86)(H,68,82)(H,69,85)(H,70,88)(H,72,83)(H,73,84)(H,80,81)(H2,67,71,89)/b12-11+/t35-,36-,37+,38+,39+,41-,42-,45-,48+,49-,50-,51-,52-,61-,62-/m0/s1. The quantitative estimate of drug-likeness (QED) is 0.0243. The number of nitrogens with two attached hydrogens (primary N) is 2. The number of carboxylic acids is 1. The maximum absolute atomic E-state index is 14.7. The number of allylic oxidation sites excluding steroid dienone is 2. The summed E-state index contributed by atoms with van der Waals surface area (Å²) < 4.78 is 5.69. The number of fused-ring (bicyclic) bond motifs is 1.